The normalized spacial score (nSPS) is 11.6. The number of hydrogen-bond acceptors (Lipinski definition) is 0. The number of nitrogens with zero attached hydrogens (tertiary/aromatic N) is 1. The minimum atomic E-state index is 1.09. The highest BCUT2D eigenvalue weighted by Crippen LogP contribution is 2.37. The molecule has 1 heterocycles. The average Bonchev–Trinajstić information content (AvgIpc) is 3.54. The summed E-state index contributed by atoms with van der Waals surface area (Å²) in [4.78, 5) is 0. The summed E-state index contributed by atoms with van der Waals surface area (Å²) in [5.74, 6) is 0. The molecule has 0 N–H and O–H groups in total. The third kappa shape index (κ3) is 7.77. The van der Waals surface area contributed by atoms with Gasteiger partial charge in [-0.1, -0.05) is 165 Å². The van der Waals surface area contributed by atoms with Gasteiger partial charge in [0.1, 0.15) is 0 Å². The van der Waals surface area contributed by atoms with Crippen LogP contribution in [-0.4, -0.2) is 4.57 Å². The first kappa shape index (κ1) is 36.2. The van der Waals surface area contributed by atoms with Gasteiger partial charge < -0.3 is 4.57 Å². The number of benzene rings is 7. The van der Waals surface area contributed by atoms with Crippen LogP contribution in [0.5, 0.6) is 0 Å². The molecule has 7 aromatic carbocycles. The van der Waals surface area contributed by atoms with E-state index in [-0.39, 0.29) is 0 Å². The van der Waals surface area contributed by atoms with Gasteiger partial charge in [-0.2, -0.15) is 0 Å². The molecule has 0 aliphatic carbocycles. The van der Waals surface area contributed by atoms with Gasteiger partial charge in [0.05, 0.1) is 11.0 Å². The van der Waals surface area contributed by atoms with E-state index in [0.717, 1.165) is 12.8 Å². The lowest BCUT2D eigenvalue weighted by Gasteiger charge is -2.14. The maximum Gasteiger partial charge on any atom is 0.0541 e. The molecule has 8 aromatic rings. The molecule has 0 fully saturated rings. The zero-order valence-corrected chi connectivity index (χ0v) is 32.2. The highest BCUT2D eigenvalue weighted by atomic mass is 15.0. The second-order valence-corrected chi connectivity index (χ2v) is 14.2. The molecule has 1 aromatic heterocycles. The van der Waals surface area contributed by atoms with Crippen LogP contribution in [-0.2, 0) is 6.42 Å². The largest absolute Gasteiger partial charge is 0.309 e. The van der Waals surface area contributed by atoms with Crippen LogP contribution in [0.4, 0.5) is 0 Å². The molecule has 54 heavy (non-hydrogen) atoms. The number of fused-ring (bicyclic) bond motifs is 3. The summed E-state index contributed by atoms with van der Waals surface area (Å²) < 4.78 is 2.40. The van der Waals surface area contributed by atoms with Crippen LogP contribution in [0.15, 0.2) is 170 Å². The zero-order valence-electron chi connectivity index (χ0n) is 32.2. The summed E-state index contributed by atoms with van der Waals surface area (Å²) in [7, 11) is 0. The molecule has 0 unspecified atom stereocenters. The summed E-state index contributed by atoms with van der Waals surface area (Å²) >= 11 is 0. The summed E-state index contributed by atoms with van der Waals surface area (Å²) in [5, 5.41) is 2.54. The summed E-state index contributed by atoms with van der Waals surface area (Å²) in [6, 6.07) is 59.4. The van der Waals surface area contributed by atoms with Crippen LogP contribution < -0.4 is 0 Å². The van der Waals surface area contributed by atoms with Crippen LogP contribution in [0.1, 0.15) is 60.6 Å². The minimum Gasteiger partial charge on any atom is -0.309 e. The van der Waals surface area contributed by atoms with Gasteiger partial charge in [0.25, 0.3) is 0 Å². The van der Waals surface area contributed by atoms with Crippen molar-refractivity contribution in [2.75, 3.05) is 0 Å². The standard InChI is InChI=1S/C46H41N.C7H8/c1-5-13-35-15-7-8-17-37(35)29-33(4)34-23-26-40(27-24-34)47-45-20-12-11-19-42(45)44-31-39(25-28-46(44)47)38-22-21-32(3)43(30-38)41-18-10-9-16-36(41)14-6-2;1-7-5-3-2-4-6-7/h5,7-13,15-31H,6,14H2,1-4H3;2-6H,1H3/b13-5+,33-29+;. The Kier molecular flexibility index (Phi) is 11.2. The molecule has 0 saturated carbocycles. The quantitative estimate of drug-likeness (QED) is 0.139. The van der Waals surface area contributed by atoms with Crippen molar-refractivity contribution >= 4 is 39.5 Å². The fourth-order valence-electron chi connectivity index (χ4n) is 7.49. The Hall–Kier alpha value is -6.18. The summed E-state index contributed by atoms with van der Waals surface area (Å²) in [6.07, 6.45) is 8.77. The van der Waals surface area contributed by atoms with Crippen molar-refractivity contribution < 1.29 is 0 Å². The summed E-state index contributed by atoms with van der Waals surface area (Å²) in [6.45, 7) is 10.8. The van der Waals surface area contributed by atoms with Crippen molar-refractivity contribution in [2.24, 2.45) is 0 Å². The van der Waals surface area contributed by atoms with E-state index in [4.69, 9.17) is 0 Å². The van der Waals surface area contributed by atoms with Crippen molar-refractivity contribution in [3.63, 3.8) is 0 Å². The van der Waals surface area contributed by atoms with Crippen LogP contribution in [0.25, 0.3) is 67.5 Å². The third-order valence-corrected chi connectivity index (χ3v) is 10.3. The smallest absolute Gasteiger partial charge is 0.0541 e. The second kappa shape index (κ2) is 16.7. The molecular formula is C53H49N. The fraction of sp³-hybridized carbons (Fsp3) is 0.132. The van der Waals surface area contributed by atoms with Crippen molar-refractivity contribution in [1.29, 1.82) is 0 Å². The second-order valence-electron chi connectivity index (χ2n) is 14.2. The SMILES string of the molecule is C/C=C/c1ccccc1/C=C(\C)c1ccc(-n2c3ccccc3c3cc(-c4ccc(C)c(-c5ccccc5CCC)c4)ccc32)cc1.Cc1ccccc1. The summed E-state index contributed by atoms with van der Waals surface area (Å²) in [5.41, 5.74) is 17.8. The Labute approximate surface area is 321 Å². The van der Waals surface area contributed by atoms with E-state index < -0.39 is 0 Å². The lowest BCUT2D eigenvalue weighted by molar-refractivity contribution is 0.923. The predicted octanol–water partition coefficient (Wildman–Crippen LogP) is 15.0. The van der Waals surface area contributed by atoms with Crippen LogP contribution >= 0.6 is 0 Å². The number of allylic oxidation sites excluding steroid dienone is 2. The highest BCUT2D eigenvalue weighted by molar-refractivity contribution is 6.10. The number of para-hydroxylation sites is 1. The first-order valence-electron chi connectivity index (χ1n) is 19.2. The maximum atomic E-state index is 2.40. The van der Waals surface area contributed by atoms with Gasteiger partial charge in [-0.05, 0) is 126 Å². The van der Waals surface area contributed by atoms with E-state index in [9.17, 15) is 0 Å². The minimum absolute atomic E-state index is 1.09. The third-order valence-electron chi connectivity index (χ3n) is 10.3. The van der Waals surface area contributed by atoms with E-state index >= 15 is 0 Å². The van der Waals surface area contributed by atoms with Crippen molar-refractivity contribution in [1.82, 2.24) is 4.57 Å². The molecule has 0 atom stereocenters. The first-order chi connectivity index (χ1) is 26.4. The number of aryl methyl sites for hydroxylation is 3. The Bertz CT molecular complexity index is 2580. The molecule has 0 aliphatic heterocycles. The molecule has 1 heteroatoms. The van der Waals surface area contributed by atoms with E-state index in [0.29, 0.717) is 0 Å². The van der Waals surface area contributed by atoms with E-state index in [2.05, 4.69) is 203 Å². The Morgan fingerprint density at radius 3 is 1.96 bits per heavy atom. The van der Waals surface area contributed by atoms with Crippen LogP contribution in [0.3, 0.4) is 0 Å². The molecule has 0 amide bonds. The van der Waals surface area contributed by atoms with Crippen LogP contribution in [0, 0.1) is 13.8 Å². The molecule has 0 radical (unpaired) electrons. The Morgan fingerprint density at radius 1 is 0.574 bits per heavy atom. The fourth-order valence-corrected chi connectivity index (χ4v) is 7.49. The lowest BCUT2D eigenvalue weighted by Crippen LogP contribution is -1.94. The van der Waals surface area contributed by atoms with Gasteiger partial charge in [0, 0.05) is 16.5 Å². The van der Waals surface area contributed by atoms with E-state index in [1.165, 1.54) is 88.7 Å². The van der Waals surface area contributed by atoms with Crippen LogP contribution in [0.2, 0.25) is 0 Å². The lowest BCUT2D eigenvalue weighted by atomic mass is 9.91. The Balaban J connectivity index is 0.000000579. The van der Waals surface area contributed by atoms with E-state index in [1.807, 2.05) is 18.2 Å². The number of aromatic nitrogens is 1. The van der Waals surface area contributed by atoms with Gasteiger partial charge in [0.2, 0.25) is 0 Å². The average molecular weight is 700 g/mol. The highest BCUT2D eigenvalue weighted by Gasteiger charge is 2.15. The van der Waals surface area contributed by atoms with Gasteiger partial charge in [-0.25, -0.2) is 0 Å². The maximum absolute atomic E-state index is 2.40. The van der Waals surface area contributed by atoms with Gasteiger partial charge in [-0.3, -0.25) is 0 Å². The number of rotatable bonds is 8. The van der Waals surface area contributed by atoms with E-state index in [1.54, 1.807) is 0 Å². The predicted molar refractivity (Wildman–Crippen MR) is 236 cm³/mol. The molecule has 0 bridgehead atoms. The molecule has 0 aliphatic rings. The van der Waals surface area contributed by atoms with Crippen molar-refractivity contribution in [3.8, 4) is 27.9 Å². The van der Waals surface area contributed by atoms with Crippen molar-refractivity contribution in [3.05, 3.63) is 203 Å². The van der Waals surface area contributed by atoms with Gasteiger partial charge in [-0.15, -0.1) is 0 Å². The first-order valence-corrected chi connectivity index (χ1v) is 19.2. The number of hydrogen-bond donors (Lipinski definition) is 0. The molecule has 266 valence electrons. The molecule has 0 saturated heterocycles. The van der Waals surface area contributed by atoms with Gasteiger partial charge >= 0.3 is 0 Å². The van der Waals surface area contributed by atoms with Gasteiger partial charge in [0.15, 0.2) is 0 Å². The zero-order chi connectivity index (χ0) is 37.4. The molecule has 8 rings (SSSR count). The topological polar surface area (TPSA) is 4.93 Å². The molecule has 0 spiro atoms. The molecule has 1 nitrogen and oxygen atoms in total. The monoisotopic (exact) mass is 699 g/mol. The molecular weight excluding hydrogens is 651 g/mol. The van der Waals surface area contributed by atoms with Crippen molar-refractivity contribution in [2.45, 2.75) is 47.5 Å². The Morgan fingerprint density at radius 2 is 1.22 bits per heavy atom.